The number of benzene rings is 2. The maximum atomic E-state index is 15.1. The van der Waals surface area contributed by atoms with Crippen molar-refractivity contribution in [1.82, 2.24) is 14.4 Å². The van der Waals surface area contributed by atoms with Crippen molar-refractivity contribution in [3.63, 3.8) is 0 Å². The number of ether oxygens (including phenoxy) is 2. The molecule has 2 aromatic carbocycles. The van der Waals surface area contributed by atoms with Crippen LogP contribution in [0.5, 0.6) is 11.5 Å². The Kier molecular flexibility index (Phi) is 5.17. The summed E-state index contributed by atoms with van der Waals surface area (Å²) in [4.78, 5) is 11.3. The SMILES string of the molecule is CCCN(c1ccc2c(c1)OCCO2)c1c(-c2c(C)cccc2F)nc2cncc(C)n12. The summed E-state index contributed by atoms with van der Waals surface area (Å²) in [5.41, 5.74) is 4.47. The van der Waals surface area contributed by atoms with E-state index < -0.39 is 0 Å². The van der Waals surface area contributed by atoms with Crippen LogP contribution in [0.4, 0.5) is 15.9 Å². The molecule has 6 nitrogen and oxygen atoms in total. The Bertz CT molecular complexity index is 1280. The van der Waals surface area contributed by atoms with Crippen molar-refractivity contribution in [3.8, 4) is 22.8 Å². The van der Waals surface area contributed by atoms with E-state index in [4.69, 9.17) is 14.5 Å². The summed E-state index contributed by atoms with van der Waals surface area (Å²) in [6, 6.07) is 11.0. The molecule has 0 N–H and O–H groups in total. The van der Waals surface area contributed by atoms with Gasteiger partial charge in [0.05, 0.1) is 6.20 Å². The first kappa shape index (κ1) is 20.3. The van der Waals surface area contributed by atoms with E-state index in [9.17, 15) is 0 Å². The number of aromatic nitrogens is 3. The predicted molar refractivity (Wildman–Crippen MR) is 123 cm³/mol. The van der Waals surface area contributed by atoms with Gasteiger partial charge < -0.3 is 14.4 Å². The van der Waals surface area contributed by atoms with E-state index in [1.807, 2.05) is 42.5 Å². The first-order valence-electron chi connectivity index (χ1n) is 10.8. The standard InChI is InChI=1S/C25H25FN4O2/c1-4-10-29(18-8-9-20-21(13-18)32-12-11-31-20)25-24(23-16(2)6-5-7-19(23)26)28-22-15-27-14-17(3)30(22)25/h5-9,13-15H,4,10-12H2,1-3H3. The van der Waals surface area contributed by atoms with Gasteiger partial charge in [0.2, 0.25) is 0 Å². The molecule has 32 heavy (non-hydrogen) atoms. The van der Waals surface area contributed by atoms with Crippen LogP contribution in [0.15, 0.2) is 48.8 Å². The van der Waals surface area contributed by atoms with Crippen LogP contribution < -0.4 is 14.4 Å². The second kappa shape index (κ2) is 8.15. The van der Waals surface area contributed by atoms with Gasteiger partial charge in [-0.2, -0.15) is 0 Å². The van der Waals surface area contributed by atoms with Crippen LogP contribution in [0, 0.1) is 19.7 Å². The number of imidazole rings is 1. The zero-order valence-corrected chi connectivity index (χ0v) is 18.4. The molecule has 0 unspecified atom stereocenters. The van der Waals surface area contributed by atoms with Gasteiger partial charge in [-0.25, -0.2) is 9.37 Å². The first-order chi connectivity index (χ1) is 15.6. The van der Waals surface area contributed by atoms with Gasteiger partial charge >= 0.3 is 0 Å². The Labute approximate surface area is 186 Å². The minimum Gasteiger partial charge on any atom is -0.486 e. The molecule has 0 radical (unpaired) electrons. The highest BCUT2D eigenvalue weighted by molar-refractivity contribution is 5.83. The number of nitrogens with zero attached hydrogens (tertiary/aromatic N) is 4. The smallest absolute Gasteiger partial charge is 0.163 e. The van der Waals surface area contributed by atoms with Crippen LogP contribution in [-0.4, -0.2) is 34.1 Å². The van der Waals surface area contributed by atoms with Crippen LogP contribution in [0.25, 0.3) is 16.9 Å². The lowest BCUT2D eigenvalue weighted by molar-refractivity contribution is 0.171. The second-order valence-electron chi connectivity index (χ2n) is 7.94. The van der Waals surface area contributed by atoms with Crippen LogP contribution in [0.2, 0.25) is 0 Å². The van der Waals surface area contributed by atoms with Crippen molar-refractivity contribution in [2.45, 2.75) is 27.2 Å². The average molecular weight is 432 g/mol. The zero-order chi connectivity index (χ0) is 22.2. The molecular weight excluding hydrogens is 407 g/mol. The highest BCUT2D eigenvalue weighted by Gasteiger charge is 2.26. The molecule has 1 aliphatic rings. The molecule has 0 amide bonds. The average Bonchev–Trinajstić information content (AvgIpc) is 3.17. The van der Waals surface area contributed by atoms with Gasteiger partial charge in [0, 0.05) is 35.8 Å². The molecule has 0 saturated carbocycles. The summed E-state index contributed by atoms with van der Waals surface area (Å²) in [6.45, 7) is 7.79. The Morgan fingerprint density at radius 3 is 2.66 bits per heavy atom. The molecule has 0 aliphatic carbocycles. The molecule has 0 atom stereocenters. The van der Waals surface area contributed by atoms with Gasteiger partial charge in [0.25, 0.3) is 0 Å². The van der Waals surface area contributed by atoms with E-state index in [-0.39, 0.29) is 5.82 Å². The second-order valence-corrected chi connectivity index (χ2v) is 7.94. The van der Waals surface area contributed by atoms with Gasteiger partial charge in [0.1, 0.15) is 30.5 Å². The highest BCUT2D eigenvalue weighted by atomic mass is 19.1. The molecule has 7 heteroatoms. The summed E-state index contributed by atoms with van der Waals surface area (Å²) in [7, 11) is 0. The summed E-state index contributed by atoms with van der Waals surface area (Å²) in [5.74, 6) is 1.97. The monoisotopic (exact) mass is 432 g/mol. The minimum atomic E-state index is -0.293. The molecule has 164 valence electrons. The van der Waals surface area contributed by atoms with E-state index >= 15 is 4.39 Å². The van der Waals surface area contributed by atoms with Gasteiger partial charge in [0.15, 0.2) is 17.1 Å². The first-order valence-corrected chi connectivity index (χ1v) is 10.8. The van der Waals surface area contributed by atoms with Crippen LogP contribution in [0.3, 0.4) is 0 Å². The molecule has 0 spiro atoms. The molecule has 0 saturated heterocycles. The number of halogens is 1. The van der Waals surface area contributed by atoms with Crippen LogP contribution >= 0.6 is 0 Å². The van der Waals surface area contributed by atoms with Crippen molar-refractivity contribution in [2.24, 2.45) is 0 Å². The fraction of sp³-hybridized carbons (Fsp3) is 0.280. The maximum Gasteiger partial charge on any atom is 0.163 e. The lowest BCUT2D eigenvalue weighted by atomic mass is 10.0. The minimum absolute atomic E-state index is 0.293. The number of aryl methyl sites for hydroxylation is 2. The Hall–Kier alpha value is -3.61. The number of rotatable bonds is 5. The topological polar surface area (TPSA) is 51.9 Å². The quantitative estimate of drug-likeness (QED) is 0.418. The zero-order valence-electron chi connectivity index (χ0n) is 18.4. The summed E-state index contributed by atoms with van der Waals surface area (Å²) < 4.78 is 28.7. The Morgan fingerprint density at radius 1 is 1.06 bits per heavy atom. The number of anilines is 2. The molecule has 0 fully saturated rings. The molecule has 3 heterocycles. The normalized spacial score (nSPS) is 12.9. The van der Waals surface area contributed by atoms with E-state index in [1.165, 1.54) is 6.07 Å². The van der Waals surface area contributed by atoms with Crippen molar-refractivity contribution >= 4 is 17.2 Å². The molecule has 2 aromatic heterocycles. The van der Waals surface area contributed by atoms with Crippen molar-refractivity contribution in [3.05, 3.63) is 65.9 Å². The van der Waals surface area contributed by atoms with Gasteiger partial charge in [-0.1, -0.05) is 19.1 Å². The Balaban J connectivity index is 1.79. The third kappa shape index (κ3) is 3.34. The van der Waals surface area contributed by atoms with Crippen molar-refractivity contribution in [2.75, 3.05) is 24.7 Å². The summed E-state index contributed by atoms with van der Waals surface area (Å²) in [6.07, 6.45) is 4.40. The molecule has 0 bridgehead atoms. The third-order valence-electron chi connectivity index (χ3n) is 5.68. The fourth-order valence-corrected chi connectivity index (χ4v) is 4.26. The Morgan fingerprint density at radius 2 is 1.88 bits per heavy atom. The van der Waals surface area contributed by atoms with Crippen LogP contribution in [0.1, 0.15) is 24.6 Å². The highest BCUT2D eigenvalue weighted by Crippen LogP contribution is 2.41. The molecule has 1 aliphatic heterocycles. The van der Waals surface area contributed by atoms with E-state index in [0.29, 0.717) is 35.9 Å². The molecule has 4 aromatic rings. The maximum absolute atomic E-state index is 15.1. The van der Waals surface area contributed by atoms with E-state index in [0.717, 1.165) is 41.5 Å². The van der Waals surface area contributed by atoms with Crippen LogP contribution in [-0.2, 0) is 0 Å². The van der Waals surface area contributed by atoms with Gasteiger partial charge in [-0.3, -0.25) is 9.38 Å². The summed E-state index contributed by atoms with van der Waals surface area (Å²) in [5, 5.41) is 0. The fourth-order valence-electron chi connectivity index (χ4n) is 4.26. The lowest BCUT2D eigenvalue weighted by Crippen LogP contribution is -2.22. The van der Waals surface area contributed by atoms with Gasteiger partial charge in [-0.15, -0.1) is 0 Å². The van der Waals surface area contributed by atoms with Crippen molar-refractivity contribution in [1.29, 1.82) is 0 Å². The number of hydrogen-bond acceptors (Lipinski definition) is 5. The van der Waals surface area contributed by atoms with Crippen molar-refractivity contribution < 1.29 is 13.9 Å². The number of fused-ring (bicyclic) bond motifs is 2. The predicted octanol–water partition coefficient (Wildman–Crippen LogP) is 5.47. The molecule has 5 rings (SSSR count). The third-order valence-corrected chi connectivity index (χ3v) is 5.68. The lowest BCUT2D eigenvalue weighted by Gasteiger charge is -2.27. The summed E-state index contributed by atoms with van der Waals surface area (Å²) >= 11 is 0. The largest absolute Gasteiger partial charge is 0.486 e. The van der Waals surface area contributed by atoms with E-state index in [1.54, 1.807) is 18.5 Å². The number of hydrogen-bond donors (Lipinski definition) is 0. The van der Waals surface area contributed by atoms with E-state index in [2.05, 4.69) is 16.8 Å². The molecular formula is C25H25FN4O2. The van der Waals surface area contributed by atoms with Gasteiger partial charge in [-0.05, 0) is 44.0 Å².